The van der Waals surface area contributed by atoms with Gasteiger partial charge in [0.15, 0.2) is 0 Å². The highest BCUT2D eigenvalue weighted by Crippen LogP contribution is 2.16. The van der Waals surface area contributed by atoms with Gasteiger partial charge in [0.25, 0.3) is 5.91 Å². The van der Waals surface area contributed by atoms with Crippen molar-refractivity contribution in [2.24, 2.45) is 4.99 Å². The number of likely N-dealkylation sites (N-methyl/N-ethyl adjacent to an activating group) is 1. The highest BCUT2D eigenvalue weighted by molar-refractivity contribution is 5.97. The van der Waals surface area contributed by atoms with Gasteiger partial charge < -0.3 is 31.5 Å². The number of benzene rings is 1. The lowest BCUT2D eigenvalue weighted by atomic mass is 10.1. The molecule has 0 aliphatic carbocycles. The van der Waals surface area contributed by atoms with E-state index in [1.54, 1.807) is 43.5 Å². The number of hydrogen-bond acceptors (Lipinski definition) is 9. The molecule has 2 aromatic rings. The maximum atomic E-state index is 12.4. The van der Waals surface area contributed by atoms with Gasteiger partial charge >= 0.3 is 11.9 Å². The molecule has 6 N–H and O–H groups in total. The summed E-state index contributed by atoms with van der Waals surface area (Å²) in [4.78, 5) is 48.5. The summed E-state index contributed by atoms with van der Waals surface area (Å²) in [5.74, 6) is -1.65. The summed E-state index contributed by atoms with van der Waals surface area (Å²) in [6, 6.07) is 6.79. The van der Waals surface area contributed by atoms with Crippen molar-refractivity contribution in [3.63, 3.8) is 0 Å². The van der Waals surface area contributed by atoms with Crippen LogP contribution in [0.4, 0.5) is 17.3 Å². The molecule has 0 unspecified atom stereocenters. The zero-order valence-corrected chi connectivity index (χ0v) is 18.9. The number of carbonyl (C=O) groups is 3. The molecule has 180 valence electrons. The number of aryl methyl sites for hydroxylation is 1. The molecule has 1 amide bonds. The lowest BCUT2D eigenvalue weighted by Crippen LogP contribution is -2.41. The van der Waals surface area contributed by atoms with Gasteiger partial charge in [-0.05, 0) is 44.3 Å². The Hall–Kier alpha value is -4.48. The number of nitrogens with two attached hydrogens (primary N) is 1. The molecule has 0 aliphatic heterocycles. The van der Waals surface area contributed by atoms with E-state index in [1.807, 2.05) is 11.9 Å². The van der Waals surface area contributed by atoms with Crippen LogP contribution < -0.4 is 21.3 Å². The number of nitrogen functional groups attached to an aromatic ring is 1. The lowest BCUT2D eigenvalue weighted by Gasteiger charge is -2.20. The average Bonchev–Trinajstić information content (AvgIpc) is 2.78. The summed E-state index contributed by atoms with van der Waals surface area (Å²) >= 11 is 0. The molecule has 34 heavy (non-hydrogen) atoms. The number of rotatable bonds is 12. The Morgan fingerprint density at radius 1 is 1.24 bits per heavy atom. The number of carboxylic acids is 2. The van der Waals surface area contributed by atoms with Crippen LogP contribution in [0.15, 0.2) is 47.2 Å². The predicted octanol–water partition coefficient (Wildman–Crippen LogP) is 1.51. The van der Waals surface area contributed by atoms with Crippen LogP contribution in [-0.2, 0) is 9.59 Å². The molecule has 0 saturated carbocycles. The predicted molar refractivity (Wildman–Crippen MR) is 128 cm³/mol. The number of nitrogens with zero attached hydrogens (tertiary/aromatic N) is 4. The molecule has 0 radical (unpaired) electrons. The summed E-state index contributed by atoms with van der Waals surface area (Å²) in [7, 11) is 1.83. The topological polar surface area (TPSA) is 183 Å². The second-order valence-corrected chi connectivity index (χ2v) is 7.36. The van der Waals surface area contributed by atoms with Crippen molar-refractivity contribution in [1.29, 1.82) is 0 Å². The van der Waals surface area contributed by atoms with Gasteiger partial charge in [0.1, 0.15) is 23.5 Å². The maximum Gasteiger partial charge on any atom is 0.326 e. The number of aromatic nitrogens is 2. The molecule has 0 aliphatic rings. The van der Waals surface area contributed by atoms with E-state index in [2.05, 4.69) is 32.3 Å². The van der Waals surface area contributed by atoms with Crippen LogP contribution in [0, 0.1) is 6.92 Å². The van der Waals surface area contributed by atoms with Crippen LogP contribution in [0.3, 0.4) is 0 Å². The minimum Gasteiger partial charge on any atom is -0.481 e. The summed E-state index contributed by atoms with van der Waals surface area (Å²) < 4.78 is 0. The molecule has 1 atom stereocenters. The third kappa shape index (κ3) is 7.89. The third-order valence-electron chi connectivity index (χ3n) is 4.67. The maximum absolute atomic E-state index is 12.4. The third-order valence-corrected chi connectivity index (χ3v) is 4.67. The first kappa shape index (κ1) is 25.8. The molecule has 12 heteroatoms. The monoisotopic (exact) mass is 469 g/mol. The van der Waals surface area contributed by atoms with Gasteiger partial charge in [-0.3, -0.25) is 14.6 Å². The first-order valence-corrected chi connectivity index (χ1v) is 10.2. The number of nitrogens with one attached hydrogen (secondary N) is 2. The Labute approximate surface area is 196 Å². The van der Waals surface area contributed by atoms with Gasteiger partial charge in [0.05, 0.1) is 12.2 Å². The van der Waals surface area contributed by atoms with Crippen molar-refractivity contribution in [1.82, 2.24) is 15.3 Å². The van der Waals surface area contributed by atoms with Gasteiger partial charge in [0, 0.05) is 37.0 Å². The van der Waals surface area contributed by atoms with Gasteiger partial charge in [0.2, 0.25) is 0 Å². The minimum absolute atomic E-state index is 0.212. The average molecular weight is 470 g/mol. The van der Waals surface area contributed by atoms with Crippen molar-refractivity contribution in [2.45, 2.75) is 25.8 Å². The van der Waals surface area contributed by atoms with Crippen molar-refractivity contribution in [3.05, 3.63) is 53.6 Å². The summed E-state index contributed by atoms with van der Waals surface area (Å²) in [6.45, 7) is 5.70. The van der Waals surface area contributed by atoms with E-state index in [0.29, 0.717) is 29.7 Å². The fourth-order valence-electron chi connectivity index (χ4n) is 2.93. The molecular formula is C22H27N7O5. The van der Waals surface area contributed by atoms with E-state index in [4.69, 9.17) is 10.8 Å². The number of carbonyl (C=O) groups excluding carboxylic acids is 1. The van der Waals surface area contributed by atoms with Crippen LogP contribution in [0.1, 0.15) is 29.0 Å². The smallest absolute Gasteiger partial charge is 0.326 e. The molecule has 1 heterocycles. The van der Waals surface area contributed by atoms with Gasteiger partial charge in [-0.1, -0.05) is 0 Å². The quantitative estimate of drug-likeness (QED) is 0.285. The van der Waals surface area contributed by atoms with Crippen molar-refractivity contribution in [3.8, 4) is 0 Å². The minimum atomic E-state index is -1.30. The highest BCUT2D eigenvalue weighted by Gasteiger charge is 2.21. The van der Waals surface area contributed by atoms with E-state index >= 15 is 0 Å². The van der Waals surface area contributed by atoms with Crippen molar-refractivity contribution >= 4 is 41.9 Å². The largest absolute Gasteiger partial charge is 0.481 e. The Bertz CT molecular complexity index is 1070. The summed E-state index contributed by atoms with van der Waals surface area (Å²) in [5, 5.41) is 23.3. The number of aliphatic carboxylic acids is 2. The molecule has 12 nitrogen and oxygen atoms in total. The first-order chi connectivity index (χ1) is 16.1. The number of amides is 1. The number of anilines is 3. The number of aliphatic imine (C=N–C) groups is 1. The van der Waals surface area contributed by atoms with Gasteiger partial charge in [-0.2, -0.15) is 0 Å². The van der Waals surface area contributed by atoms with Gasteiger partial charge in [-0.15, -0.1) is 0 Å². The van der Waals surface area contributed by atoms with Crippen LogP contribution >= 0.6 is 0 Å². The van der Waals surface area contributed by atoms with Crippen LogP contribution in [-0.4, -0.2) is 64.4 Å². The molecule has 0 spiro atoms. The Balaban J connectivity index is 2.01. The Kier molecular flexibility index (Phi) is 9.06. The second-order valence-electron chi connectivity index (χ2n) is 7.36. The van der Waals surface area contributed by atoms with Crippen LogP contribution in [0.5, 0.6) is 0 Å². The highest BCUT2D eigenvalue weighted by atomic mass is 16.4. The van der Waals surface area contributed by atoms with Crippen LogP contribution in [0.25, 0.3) is 0 Å². The molecule has 1 aromatic heterocycles. The van der Waals surface area contributed by atoms with Gasteiger partial charge in [-0.25, -0.2) is 14.8 Å². The van der Waals surface area contributed by atoms with E-state index < -0.39 is 23.9 Å². The SMILES string of the molecule is C=N/C(=C\Nc1cc(N)nc(C)n1)CN(C)c1ccc(C(=O)N[C@@H](CCC(=O)O)C(=O)O)cc1. The van der Waals surface area contributed by atoms with E-state index in [9.17, 15) is 19.5 Å². The fourth-order valence-corrected chi connectivity index (χ4v) is 2.93. The number of carboxylic acid groups (broad SMARTS) is 2. The summed E-state index contributed by atoms with van der Waals surface area (Å²) in [6.07, 6.45) is 1.07. The normalized spacial score (nSPS) is 11.9. The lowest BCUT2D eigenvalue weighted by molar-refractivity contribution is -0.140. The summed E-state index contributed by atoms with van der Waals surface area (Å²) in [5.41, 5.74) is 7.35. The van der Waals surface area contributed by atoms with Crippen molar-refractivity contribution < 1.29 is 24.6 Å². The number of hydrogen-bond donors (Lipinski definition) is 5. The first-order valence-electron chi connectivity index (χ1n) is 10.2. The molecule has 0 fully saturated rings. The molecule has 2 rings (SSSR count). The Morgan fingerprint density at radius 3 is 2.47 bits per heavy atom. The zero-order chi connectivity index (χ0) is 25.3. The van der Waals surface area contributed by atoms with E-state index in [1.165, 1.54) is 0 Å². The molecule has 1 aromatic carbocycles. The molecule has 0 saturated heterocycles. The zero-order valence-electron chi connectivity index (χ0n) is 18.9. The second kappa shape index (κ2) is 11.9. The van der Waals surface area contributed by atoms with E-state index in [0.717, 1.165) is 5.69 Å². The van der Waals surface area contributed by atoms with Crippen LogP contribution in [0.2, 0.25) is 0 Å². The van der Waals surface area contributed by atoms with Crippen molar-refractivity contribution in [2.75, 3.05) is 29.5 Å². The Morgan fingerprint density at radius 2 is 1.91 bits per heavy atom. The molecule has 0 bridgehead atoms. The molecular weight excluding hydrogens is 442 g/mol. The van der Waals surface area contributed by atoms with E-state index in [-0.39, 0.29) is 18.4 Å². The fraction of sp³-hybridized carbons (Fsp3) is 0.273. The standard InChI is InChI=1S/C22H27N7O5/c1-13-26-18(23)10-19(27-13)25-11-15(24-2)12-29(3)16-6-4-14(5-7-16)21(32)28-17(22(33)34)8-9-20(30)31/h4-7,10-11,17H,2,8-9,12H2,1,3H3,(H,28,32)(H,30,31)(H,33,34)(H3,23,25,26,27)/b15-11-/t17-/m0/s1.